The van der Waals surface area contributed by atoms with Crippen LogP contribution >= 0.6 is 0 Å². The third kappa shape index (κ3) is 3.37. The van der Waals surface area contributed by atoms with Crippen molar-refractivity contribution < 1.29 is 0 Å². The third-order valence-corrected chi connectivity index (χ3v) is 2.48. The molecule has 0 amide bonds. The Morgan fingerprint density at radius 2 is 1.79 bits per heavy atom. The molecule has 0 aromatic heterocycles. The van der Waals surface area contributed by atoms with Crippen LogP contribution in [-0.2, 0) is 6.42 Å². The maximum atomic E-state index is 2.25. The van der Waals surface area contributed by atoms with E-state index in [1.807, 2.05) is 0 Å². The molecule has 0 saturated carbocycles. The summed E-state index contributed by atoms with van der Waals surface area (Å²) in [7, 11) is 0. The standard InChI is InChI=1S/C14H20/c1-4-5-6-7-13-8-10-14(11-9-13)12(2)3/h4-5,8-12H,6-7H2,1-3H3/b5-4-. The van der Waals surface area contributed by atoms with E-state index in [9.17, 15) is 0 Å². The molecule has 0 saturated heterocycles. The molecule has 0 bridgehead atoms. The Hall–Kier alpha value is -1.04. The number of allylic oxidation sites excluding steroid dienone is 2. The maximum absolute atomic E-state index is 2.25. The summed E-state index contributed by atoms with van der Waals surface area (Å²) in [5.41, 5.74) is 2.87. The highest BCUT2D eigenvalue weighted by atomic mass is 14.0. The molecular formula is C14H20. The van der Waals surface area contributed by atoms with Crippen LogP contribution < -0.4 is 0 Å². The lowest BCUT2D eigenvalue weighted by Crippen LogP contribution is -1.88. The van der Waals surface area contributed by atoms with Gasteiger partial charge in [0.05, 0.1) is 0 Å². The predicted octanol–water partition coefficient (Wildman–Crippen LogP) is 4.32. The second-order valence-electron chi connectivity index (χ2n) is 4.00. The van der Waals surface area contributed by atoms with E-state index in [1.165, 1.54) is 11.1 Å². The van der Waals surface area contributed by atoms with Crippen LogP contribution in [0.4, 0.5) is 0 Å². The quantitative estimate of drug-likeness (QED) is 0.617. The first-order valence-corrected chi connectivity index (χ1v) is 5.44. The topological polar surface area (TPSA) is 0 Å². The van der Waals surface area contributed by atoms with Crippen LogP contribution in [-0.4, -0.2) is 0 Å². The maximum Gasteiger partial charge on any atom is -0.0219 e. The van der Waals surface area contributed by atoms with Crippen molar-refractivity contribution in [1.82, 2.24) is 0 Å². The minimum Gasteiger partial charge on any atom is -0.0917 e. The Morgan fingerprint density at radius 3 is 2.29 bits per heavy atom. The summed E-state index contributed by atoms with van der Waals surface area (Å²) in [6.07, 6.45) is 6.64. The van der Waals surface area contributed by atoms with E-state index in [-0.39, 0.29) is 0 Å². The monoisotopic (exact) mass is 188 g/mol. The fourth-order valence-electron chi connectivity index (χ4n) is 1.49. The van der Waals surface area contributed by atoms with E-state index in [4.69, 9.17) is 0 Å². The van der Waals surface area contributed by atoms with Crippen LogP contribution in [0.5, 0.6) is 0 Å². The molecule has 1 aromatic carbocycles. The second-order valence-corrected chi connectivity index (χ2v) is 4.00. The van der Waals surface area contributed by atoms with Crippen LogP contribution in [0.3, 0.4) is 0 Å². The van der Waals surface area contributed by atoms with E-state index >= 15 is 0 Å². The van der Waals surface area contributed by atoms with Gasteiger partial charge in [0.2, 0.25) is 0 Å². The van der Waals surface area contributed by atoms with Crippen molar-refractivity contribution in [3.8, 4) is 0 Å². The Kier molecular flexibility index (Phi) is 4.45. The van der Waals surface area contributed by atoms with E-state index in [1.54, 1.807) is 0 Å². The van der Waals surface area contributed by atoms with Crippen molar-refractivity contribution in [3.05, 3.63) is 47.5 Å². The van der Waals surface area contributed by atoms with Crippen LogP contribution in [0.15, 0.2) is 36.4 Å². The number of hydrogen-bond donors (Lipinski definition) is 0. The lowest BCUT2D eigenvalue weighted by atomic mass is 10.0. The van der Waals surface area contributed by atoms with Crippen LogP contribution in [0.25, 0.3) is 0 Å². The molecule has 14 heavy (non-hydrogen) atoms. The predicted molar refractivity (Wildman–Crippen MR) is 63.7 cm³/mol. The number of benzene rings is 1. The molecule has 0 aliphatic rings. The lowest BCUT2D eigenvalue weighted by molar-refractivity contribution is 0.863. The van der Waals surface area contributed by atoms with Gasteiger partial charge >= 0.3 is 0 Å². The van der Waals surface area contributed by atoms with Crippen LogP contribution in [0.1, 0.15) is 44.2 Å². The van der Waals surface area contributed by atoms with Crippen molar-refractivity contribution in [2.45, 2.75) is 39.5 Å². The first-order chi connectivity index (χ1) is 6.74. The molecule has 0 spiro atoms. The van der Waals surface area contributed by atoms with Crippen LogP contribution in [0.2, 0.25) is 0 Å². The first kappa shape index (κ1) is 11.0. The molecule has 0 radical (unpaired) electrons. The number of aryl methyl sites for hydroxylation is 1. The zero-order valence-electron chi connectivity index (χ0n) is 9.46. The van der Waals surface area contributed by atoms with Gasteiger partial charge in [-0.15, -0.1) is 0 Å². The molecule has 0 aliphatic heterocycles. The zero-order valence-corrected chi connectivity index (χ0v) is 9.46. The molecule has 0 unspecified atom stereocenters. The van der Waals surface area contributed by atoms with Gasteiger partial charge < -0.3 is 0 Å². The van der Waals surface area contributed by atoms with Gasteiger partial charge in [0.1, 0.15) is 0 Å². The van der Waals surface area contributed by atoms with Crippen molar-refractivity contribution in [3.63, 3.8) is 0 Å². The SMILES string of the molecule is C/C=C\CCc1ccc(C(C)C)cc1. The van der Waals surface area contributed by atoms with Gasteiger partial charge in [-0.1, -0.05) is 50.3 Å². The molecule has 0 fully saturated rings. The number of rotatable bonds is 4. The highest BCUT2D eigenvalue weighted by Gasteiger charge is 1.97. The first-order valence-electron chi connectivity index (χ1n) is 5.44. The molecule has 0 aliphatic carbocycles. The molecular weight excluding hydrogens is 168 g/mol. The molecule has 0 N–H and O–H groups in total. The van der Waals surface area contributed by atoms with Crippen molar-refractivity contribution in [2.24, 2.45) is 0 Å². The summed E-state index contributed by atoms with van der Waals surface area (Å²) in [5, 5.41) is 0. The Balaban J connectivity index is 2.55. The summed E-state index contributed by atoms with van der Waals surface area (Å²) in [6, 6.07) is 8.99. The summed E-state index contributed by atoms with van der Waals surface area (Å²) in [6.45, 7) is 6.53. The van der Waals surface area contributed by atoms with Gasteiger partial charge in [0.15, 0.2) is 0 Å². The number of hydrogen-bond acceptors (Lipinski definition) is 0. The average molecular weight is 188 g/mol. The fraction of sp³-hybridized carbons (Fsp3) is 0.429. The van der Waals surface area contributed by atoms with Crippen molar-refractivity contribution in [2.75, 3.05) is 0 Å². The molecule has 76 valence electrons. The molecule has 0 atom stereocenters. The fourth-order valence-corrected chi connectivity index (χ4v) is 1.49. The van der Waals surface area contributed by atoms with Gasteiger partial charge in [0.25, 0.3) is 0 Å². The van der Waals surface area contributed by atoms with Crippen molar-refractivity contribution in [1.29, 1.82) is 0 Å². The van der Waals surface area contributed by atoms with Gasteiger partial charge in [-0.25, -0.2) is 0 Å². The molecule has 0 nitrogen and oxygen atoms in total. The smallest absolute Gasteiger partial charge is 0.0219 e. The van der Waals surface area contributed by atoms with E-state index in [0.717, 1.165) is 12.8 Å². The summed E-state index contributed by atoms with van der Waals surface area (Å²) in [4.78, 5) is 0. The normalized spacial score (nSPS) is 11.4. The Bertz CT molecular complexity index is 277. The minimum absolute atomic E-state index is 0.639. The van der Waals surface area contributed by atoms with E-state index in [2.05, 4.69) is 57.2 Å². The zero-order chi connectivity index (χ0) is 10.4. The molecule has 0 heterocycles. The van der Waals surface area contributed by atoms with Gasteiger partial charge in [-0.3, -0.25) is 0 Å². The highest BCUT2D eigenvalue weighted by molar-refractivity contribution is 5.24. The largest absolute Gasteiger partial charge is 0.0917 e. The molecule has 1 rings (SSSR count). The van der Waals surface area contributed by atoms with Gasteiger partial charge in [-0.05, 0) is 36.8 Å². The molecule has 0 heteroatoms. The Morgan fingerprint density at radius 1 is 1.14 bits per heavy atom. The van der Waals surface area contributed by atoms with E-state index < -0.39 is 0 Å². The minimum atomic E-state index is 0.639. The summed E-state index contributed by atoms with van der Waals surface area (Å²) < 4.78 is 0. The second kappa shape index (κ2) is 5.64. The van der Waals surface area contributed by atoms with Gasteiger partial charge in [0, 0.05) is 0 Å². The average Bonchev–Trinajstić information content (AvgIpc) is 2.19. The van der Waals surface area contributed by atoms with Crippen LogP contribution in [0, 0.1) is 0 Å². The third-order valence-electron chi connectivity index (χ3n) is 2.48. The summed E-state index contributed by atoms with van der Waals surface area (Å²) in [5.74, 6) is 0.639. The lowest BCUT2D eigenvalue weighted by Gasteiger charge is -2.05. The van der Waals surface area contributed by atoms with E-state index in [0.29, 0.717) is 5.92 Å². The highest BCUT2D eigenvalue weighted by Crippen LogP contribution is 2.15. The summed E-state index contributed by atoms with van der Waals surface area (Å²) >= 11 is 0. The Labute approximate surface area is 87.7 Å². The molecule has 1 aromatic rings. The van der Waals surface area contributed by atoms with Gasteiger partial charge in [-0.2, -0.15) is 0 Å². The van der Waals surface area contributed by atoms with Crippen molar-refractivity contribution >= 4 is 0 Å².